The van der Waals surface area contributed by atoms with Gasteiger partial charge in [0.05, 0.1) is 11.1 Å². The largest absolute Gasteiger partial charge is 0.423 e. The summed E-state index contributed by atoms with van der Waals surface area (Å²) in [5.74, 6) is -0.971. The van der Waals surface area contributed by atoms with Crippen LogP contribution in [0.5, 0.6) is 11.5 Å². The maximum absolute atomic E-state index is 13.4. The Morgan fingerprint density at radius 3 is 1.37 bits per heavy atom. The predicted octanol–water partition coefficient (Wildman–Crippen LogP) is 11.0. The average molecular weight is 709 g/mol. The standard InChI is InChI=1S/C47H36N2O5/c1-30(2)40(31(3)50)29-38-28-39(53-46(51)36-18-14-34(15-19-36)43-25-23-41(48-43)32-10-6-4-7-11-32)22-27-45(38)54-47(52)37-20-16-35(17-21-37)44-26-24-42(49-44)33-12-8-5-9-13-33/h4-29,48-49H,1H2,2-3H3/b40-29-. The molecule has 0 spiro atoms. The zero-order valence-electron chi connectivity index (χ0n) is 29.8. The summed E-state index contributed by atoms with van der Waals surface area (Å²) in [6, 6.07) is 47.0. The Balaban J connectivity index is 1.08. The number of benzene rings is 5. The molecule has 0 aliphatic rings. The summed E-state index contributed by atoms with van der Waals surface area (Å²) < 4.78 is 11.6. The molecule has 0 unspecified atom stereocenters. The summed E-state index contributed by atoms with van der Waals surface area (Å²) in [4.78, 5) is 46.0. The zero-order chi connectivity index (χ0) is 37.6. The number of H-pyrrole nitrogens is 2. The van der Waals surface area contributed by atoms with Crippen molar-refractivity contribution in [3.05, 3.63) is 186 Å². The zero-order valence-corrected chi connectivity index (χ0v) is 29.8. The third-order valence-electron chi connectivity index (χ3n) is 8.94. The normalized spacial score (nSPS) is 11.2. The van der Waals surface area contributed by atoms with Crippen molar-refractivity contribution in [1.82, 2.24) is 9.97 Å². The van der Waals surface area contributed by atoms with Gasteiger partial charge in [-0.25, -0.2) is 9.59 Å². The number of carbonyl (C=O) groups excluding carboxylic acids is 3. The minimum absolute atomic E-state index is 0.186. The number of ketones is 1. The second kappa shape index (κ2) is 15.6. The van der Waals surface area contributed by atoms with Crippen molar-refractivity contribution < 1.29 is 23.9 Å². The van der Waals surface area contributed by atoms with Crippen molar-refractivity contribution >= 4 is 23.8 Å². The van der Waals surface area contributed by atoms with E-state index < -0.39 is 11.9 Å². The first-order valence-corrected chi connectivity index (χ1v) is 17.4. The van der Waals surface area contributed by atoms with E-state index in [0.29, 0.717) is 27.8 Å². The molecule has 7 rings (SSSR count). The van der Waals surface area contributed by atoms with E-state index in [4.69, 9.17) is 9.47 Å². The Morgan fingerprint density at radius 1 is 0.519 bits per heavy atom. The molecular formula is C47H36N2O5. The Labute approximate surface area is 313 Å². The molecule has 0 bridgehead atoms. The molecule has 7 aromatic rings. The fourth-order valence-corrected chi connectivity index (χ4v) is 6.07. The quantitative estimate of drug-likeness (QED) is 0.0603. The number of hydrogen-bond donors (Lipinski definition) is 2. The van der Waals surface area contributed by atoms with Crippen molar-refractivity contribution in [2.45, 2.75) is 13.8 Å². The van der Waals surface area contributed by atoms with Gasteiger partial charge in [-0.05, 0) is 114 Å². The molecule has 264 valence electrons. The molecule has 2 aromatic heterocycles. The maximum Gasteiger partial charge on any atom is 0.343 e. The van der Waals surface area contributed by atoms with Crippen LogP contribution >= 0.6 is 0 Å². The summed E-state index contributed by atoms with van der Waals surface area (Å²) in [5, 5.41) is 0. The molecule has 0 aliphatic carbocycles. The maximum atomic E-state index is 13.4. The SMILES string of the molecule is C=C(C)/C(=C/c1cc(OC(=O)c2ccc(-c3ccc(-c4ccccc4)[nH]3)cc2)ccc1OC(=O)c1ccc(-c2ccc(-c3ccccc3)[nH]2)cc1)C(C)=O. The highest BCUT2D eigenvalue weighted by Gasteiger charge is 2.17. The van der Waals surface area contributed by atoms with Gasteiger partial charge in [0, 0.05) is 33.9 Å². The van der Waals surface area contributed by atoms with Gasteiger partial charge >= 0.3 is 11.9 Å². The minimum Gasteiger partial charge on any atom is -0.423 e. The lowest BCUT2D eigenvalue weighted by atomic mass is 10.0. The molecule has 7 nitrogen and oxygen atoms in total. The van der Waals surface area contributed by atoms with Gasteiger partial charge in [0.25, 0.3) is 0 Å². The lowest BCUT2D eigenvalue weighted by Gasteiger charge is -2.12. The third kappa shape index (κ3) is 7.96. The Hall–Kier alpha value is -7.25. The van der Waals surface area contributed by atoms with Crippen LogP contribution in [0.3, 0.4) is 0 Å². The highest BCUT2D eigenvalue weighted by atomic mass is 16.5. The molecular weight excluding hydrogens is 673 g/mol. The Bertz CT molecular complexity index is 2490. The van der Waals surface area contributed by atoms with E-state index in [1.165, 1.54) is 6.92 Å². The van der Waals surface area contributed by atoms with Crippen molar-refractivity contribution in [1.29, 1.82) is 0 Å². The first-order chi connectivity index (χ1) is 26.2. The fourth-order valence-electron chi connectivity index (χ4n) is 6.07. The predicted molar refractivity (Wildman–Crippen MR) is 213 cm³/mol. The smallest absolute Gasteiger partial charge is 0.343 e. The summed E-state index contributed by atoms with van der Waals surface area (Å²) in [7, 11) is 0. The van der Waals surface area contributed by atoms with Gasteiger partial charge in [-0.1, -0.05) is 91.5 Å². The van der Waals surface area contributed by atoms with E-state index in [0.717, 1.165) is 45.0 Å². The van der Waals surface area contributed by atoms with Crippen LogP contribution < -0.4 is 9.47 Å². The topological polar surface area (TPSA) is 101 Å². The number of aromatic amines is 2. The van der Waals surface area contributed by atoms with Gasteiger partial charge in [0.15, 0.2) is 5.78 Å². The number of carbonyl (C=O) groups is 3. The van der Waals surface area contributed by atoms with E-state index >= 15 is 0 Å². The first kappa shape index (κ1) is 35.2. The molecule has 0 atom stereocenters. The number of nitrogens with one attached hydrogen (secondary N) is 2. The van der Waals surface area contributed by atoms with Crippen molar-refractivity contribution in [2.24, 2.45) is 0 Å². The second-order valence-electron chi connectivity index (χ2n) is 12.8. The molecule has 2 heterocycles. The lowest BCUT2D eigenvalue weighted by molar-refractivity contribution is -0.113. The number of esters is 2. The summed E-state index contributed by atoms with van der Waals surface area (Å²) >= 11 is 0. The van der Waals surface area contributed by atoms with Gasteiger partial charge in [-0.15, -0.1) is 0 Å². The van der Waals surface area contributed by atoms with Crippen LogP contribution in [0.2, 0.25) is 0 Å². The van der Waals surface area contributed by atoms with Crippen molar-refractivity contribution in [2.75, 3.05) is 0 Å². The Morgan fingerprint density at radius 2 is 0.944 bits per heavy atom. The number of aromatic nitrogens is 2. The molecule has 2 N–H and O–H groups in total. The number of Topliss-reactive ketones (excluding diaryl/α,β-unsaturated/α-hetero) is 1. The monoisotopic (exact) mass is 708 g/mol. The minimum atomic E-state index is -0.588. The lowest BCUT2D eigenvalue weighted by Crippen LogP contribution is -2.11. The van der Waals surface area contributed by atoms with E-state index in [1.807, 2.05) is 109 Å². The van der Waals surface area contributed by atoms with Crippen molar-refractivity contribution in [3.63, 3.8) is 0 Å². The second-order valence-corrected chi connectivity index (χ2v) is 12.8. The van der Waals surface area contributed by atoms with Gasteiger partial charge in [0.2, 0.25) is 0 Å². The molecule has 0 saturated heterocycles. The number of allylic oxidation sites excluding steroid dienone is 2. The molecule has 0 fully saturated rings. The first-order valence-electron chi connectivity index (χ1n) is 17.4. The van der Waals surface area contributed by atoms with Crippen LogP contribution in [0.4, 0.5) is 0 Å². The van der Waals surface area contributed by atoms with Crippen molar-refractivity contribution in [3.8, 4) is 56.5 Å². The van der Waals surface area contributed by atoms with Crippen LogP contribution in [0.25, 0.3) is 51.1 Å². The van der Waals surface area contributed by atoms with E-state index in [-0.39, 0.29) is 17.3 Å². The number of rotatable bonds is 11. The van der Waals surface area contributed by atoms with Crippen LogP contribution in [0, 0.1) is 0 Å². The van der Waals surface area contributed by atoms with Gasteiger partial charge in [-0.2, -0.15) is 0 Å². The molecule has 0 amide bonds. The average Bonchev–Trinajstić information content (AvgIpc) is 3.90. The Kier molecular flexibility index (Phi) is 10.1. The van der Waals surface area contributed by atoms with Crippen LogP contribution in [-0.2, 0) is 4.79 Å². The number of hydrogen-bond acceptors (Lipinski definition) is 5. The number of ether oxygens (including phenoxy) is 2. The van der Waals surface area contributed by atoms with Crippen LogP contribution in [0.15, 0.2) is 169 Å². The summed E-state index contributed by atoms with van der Waals surface area (Å²) in [5.41, 5.74) is 9.75. The molecule has 5 aromatic carbocycles. The van der Waals surface area contributed by atoms with E-state index in [2.05, 4.69) is 16.5 Å². The van der Waals surface area contributed by atoms with Gasteiger partial charge in [-0.3, -0.25) is 4.79 Å². The highest BCUT2D eigenvalue weighted by Crippen LogP contribution is 2.31. The molecule has 0 radical (unpaired) electrons. The molecule has 0 saturated carbocycles. The van der Waals surface area contributed by atoms with E-state index in [1.54, 1.807) is 55.5 Å². The summed E-state index contributed by atoms with van der Waals surface area (Å²) in [6.07, 6.45) is 1.58. The highest BCUT2D eigenvalue weighted by molar-refractivity contribution is 6.02. The molecule has 54 heavy (non-hydrogen) atoms. The molecule has 0 aliphatic heterocycles. The summed E-state index contributed by atoms with van der Waals surface area (Å²) in [6.45, 7) is 7.09. The van der Waals surface area contributed by atoms with Gasteiger partial charge in [0.1, 0.15) is 11.5 Å². The third-order valence-corrected chi connectivity index (χ3v) is 8.94. The van der Waals surface area contributed by atoms with E-state index in [9.17, 15) is 14.4 Å². The fraction of sp³-hybridized carbons (Fsp3) is 0.0426. The van der Waals surface area contributed by atoms with Crippen LogP contribution in [0.1, 0.15) is 40.1 Å². The van der Waals surface area contributed by atoms with Crippen LogP contribution in [-0.4, -0.2) is 27.7 Å². The van der Waals surface area contributed by atoms with Gasteiger partial charge < -0.3 is 19.4 Å². The molecule has 7 heteroatoms.